The summed E-state index contributed by atoms with van der Waals surface area (Å²) in [7, 11) is 4.13. The number of hydrogen-bond acceptors (Lipinski definition) is 5. The predicted molar refractivity (Wildman–Crippen MR) is 117 cm³/mol. The van der Waals surface area contributed by atoms with Crippen molar-refractivity contribution in [3.05, 3.63) is 35.7 Å². The Bertz CT molecular complexity index is 757. The van der Waals surface area contributed by atoms with E-state index < -0.39 is 0 Å². The Balaban J connectivity index is 2.15. The highest BCUT2D eigenvalue weighted by molar-refractivity contribution is 8.00. The van der Waals surface area contributed by atoms with Crippen LogP contribution in [0.15, 0.2) is 29.4 Å². The van der Waals surface area contributed by atoms with Crippen LogP contribution < -0.4 is 5.32 Å². The first kappa shape index (κ1) is 22.4. The Morgan fingerprint density at radius 3 is 2.46 bits per heavy atom. The minimum absolute atomic E-state index is 0.0277. The molecule has 0 saturated heterocycles. The highest BCUT2D eigenvalue weighted by Crippen LogP contribution is 2.28. The zero-order chi connectivity index (χ0) is 20.7. The van der Waals surface area contributed by atoms with Crippen molar-refractivity contribution in [2.45, 2.75) is 70.0 Å². The van der Waals surface area contributed by atoms with Crippen LogP contribution in [-0.2, 0) is 11.3 Å². The predicted octanol–water partition coefficient (Wildman–Crippen LogP) is 4.52. The number of unbranched alkanes of at least 4 members (excludes halogenated alkanes) is 1. The van der Waals surface area contributed by atoms with Gasteiger partial charge in [0, 0.05) is 12.2 Å². The lowest BCUT2D eigenvalue weighted by Crippen LogP contribution is -2.24. The van der Waals surface area contributed by atoms with E-state index in [1.54, 1.807) is 0 Å². The molecule has 1 heterocycles. The molecule has 1 aromatic carbocycles. The number of aryl methyl sites for hydroxylation is 1. The number of hydrogen-bond donors (Lipinski definition) is 1. The van der Waals surface area contributed by atoms with Crippen LogP contribution in [0.2, 0.25) is 0 Å². The van der Waals surface area contributed by atoms with Gasteiger partial charge in [-0.25, -0.2) is 0 Å². The average molecular weight is 404 g/mol. The van der Waals surface area contributed by atoms with E-state index >= 15 is 0 Å². The molecule has 0 radical (unpaired) electrons. The molecular weight excluding hydrogens is 370 g/mol. The van der Waals surface area contributed by atoms with Gasteiger partial charge in [0.05, 0.1) is 11.3 Å². The van der Waals surface area contributed by atoms with Crippen molar-refractivity contribution in [3.8, 4) is 0 Å². The molecule has 0 unspecified atom stereocenters. The molecule has 2 rings (SSSR count). The van der Waals surface area contributed by atoms with E-state index in [2.05, 4.69) is 52.9 Å². The molecule has 6 nitrogen and oxygen atoms in total. The van der Waals surface area contributed by atoms with Crippen LogP contribution in [0.3, 0.4) is 0 Å². The molecular formula is C21H33N5OS. The topological polar surface area (TPSA) is 63.1 Å². The van der Waals surface area contributed by atoms with Gasteiger partial charge in [0.2, 0.25) is 5.91 Å². The van der Waals surface area contributed by atoms with Gasteiger partial charge in [0.25, 0.3) is 0 Å². The number of thioether (sulfide) groups is 1. The van der Waals surface area contributed by atoms with Gasteiger partial charge in [-0.3, -0.25) is 9.69 Å². The maximum Gasteiger partial charge on any atom is 0.237 e. The smallest absolute Gasteiger partial charge is 0.237 e. The van der Waals surface area contributed by atoms with Gasteiger partial charge in [0.1, 0.15) is 0 Å². The summed E-state index contributed by atoms with van der Waals surface area (Å²) >= 11 is 1.47. The Kier molecular flexibility index (Phi) is 8.51. The first-order chi connectivity index (χ1) is 13.4. The molecule has 2 atom stereocenters. The molecule has 1 N–H and O–H groups in total. The zero-order valence-corrected chi connectivity index (χ0v) is 18.7. The summed E-state index contributed by atoms with van der Waals surface area (Å²) in [6.45, 7) is 9.15. The standard InChI is InChI=1S/C21H33N5OS/c1-7-9-14-26-19(18(8-2)25(5)6)23-24-21(26)28-16(4)20(27)22-17-12-10-15(3)11-13-17/h10-13,16,18H,7-9,14H2,1-6H3,(H,22,27)/t16-,18-/m1/s1. The number of aromatic nitrogens is 3. The van der Waals surface area contributed by atoms with E-state index in [0.717, 1.165) is 42.5 Å². The molecule has 0 spiro atoms. The highest BCUT2D eigenvalue weighted by atomic mass is 32.2. The molecule has 0 fully saturated rings. The lowest BCUT2D eigenvalue weighted by Gasteiger charge is -2.23. The molecule has 0 aliphatic heterocycles. The van der Waals surface area contributed by atoms with Crippen LogP contribution in [-0.4, -0.2) is 44.9 Å². The van der Waals surface area contributed by atoms with Crippen LogP contribution in [0.4, 0.5) is 5.69 Å². The van der Waals surface area contributed by atoms with Gasteiger partial charge >= 0.3 is 0 Å². The lowest BCUT2D eigenvalue weighted by molar-refractivity contribution is -0.115. The number of anilines is 1. The zero-order valence-electron chi connectivity index (χ0n) is 17.9. The molecule has 28 heavy (non-hydrogen) atoms. The third-order valence-corrected chi connectivity index (χ3v) is 5.84. The van der Waals surface area contributed by atoms with Gasteiger partial charge in [-0.05, 0) is 52.9 Å². The average Bonchev–Trinajstić information content (AvgIpc) is 3.04. The van der Waals surface area contributed by atoms with Gasteiger partial charge in [-0.1, -0.05) is 49.7 Å². The molecule has 7 heteroatoms. The number of carbonyl (C=O) groups is 1. The monoisotopic (exact) mass is 403 g/mol. The molecule has 0 saturated carbocycles. The van der Waals surface area contributed by atoms with Crippen molar-refractivity contribution in [3.63, 3.8) is 0 Å². The Hall–Kier alpha value is -1.86. The van der Waals surface area contributed by atoms with Crippen molar-refractivity contribution in [2.75, 3.05) is 19.4 Å². The molecule has 154 valence electrons. The summed E-state index contributed by atoms with van der Waals surface area (Å²) in [5.74, 6) is 0.953. The van der Waals surface area contributed by atoms with E-state index in [0.29, 0.717) is 0 Å². The minimum Gasteiger partial charge on any atom is -0.325 e. The van der Waals surface area contributed by atoms with E-state index in [9.17, 15) is 4.79 Å². The maximum atomic E-state index is 12.6. The van der Waals surface area contributed by atoms with Crippen LogP contribution in [0.1, 0.15) is 57.5 Å². The second-order valence-electron chi connectivity index (χ2n) is 7.35. The van der Waals surface area contributed by atoms with Crippen LogP contribution in [0, 0.1) is 6.92 Å². The van der Waals surface area contributed by atoms with Gasteiger partial charge < -0.3 is 9.88 Å². The second kappa shape index (κ2) is 10.6. The van der Waals surface area contributed by atoms with Crippen molar-refractivity contribution in [1.29, 1.82) is 0 Å². The summed E-state index contributed by atoms with van der Waals surface area (Å²) in [6.07, 6.45) is 3.13. The van der Waals surface area contributed by atoms with E-state index in [4.69, 9.17) is 0 Å². The largest absolute Gasteiger partial charge is 0.325 e. The Labute approximate surface area is 173 Å². The number of nitrogens with zero attached hydrogens (tertiary/aromatic N) is 4. The van der Waals surface area contributed by atoms with Gasteiger partial charge in [-0.15, -0.1) is 10.2 Å². The van der Waals surface area contributed by atoms with Crippen LogP contribution in [0.5, 0.6) is 0 Å². The number of amides is 1. The molecule has 0 aliphatic carbocycles. The minimum atomic E-state index is -0.266. The number of benzene rings is 1. The van der Waals surface area contributed by atoms with Crippen LogP contribution in [0.25, 0.3) is 0 Å². The van der Waals surface area contributed by atoms with Crippen molar-refractivity contribution < 1.29 is 4.79 Å². The van der Waals surface area contributed by atoms with E-state index in [1.165, 1.54) is 17.3 Å². The summed E-state index contributed by atoms with van der Waals surface area (Å²) in [6, 6.07) is 8.06. The number of nitrogens with one attached hydrogen (secondary N) is 1. The molecule has 0 aliphatic rings. The Morgan fingerprint density at radius 2 is 1.89 bits per heavy atom. The number of carbonyl (C=O) groups excluding carboxylic acids is 1. The third-order valence-electron chi connectivity index (χ3n) is 4.76. The van der Waals surface area contributed by atoms with Crippen molar-refractivity contribution in [2.24, 2.45) is 0 Å². The Morgan fingerprint density at radius 1 is 1.21 bits per heavy atom. The molecule has 2 aromatic rings. The fourth-order valence-corrected chi connectivity index (χ4v) is 3.91. The summed E-state index contributed by atoms with van der Waals surface area (Å²) in [5.41, 5.74) is 1.98. The highest BCUT2D eigenvalue weighted by Gasteiger charge is 2.24. The summed E-state index contributed by atoms with van der Waals surface area (Å²) in [5, 5.41) is 12.5. The van der Waals surface area contributed by atoms with E-state index in [1.807, 2.05) is 38.1 Å². The second-order valence-corrected chi connectivity index (χ2v) is 8.66. The lowest BCUT2D eigenvalue weighted by atomic mass is 10.2. The SMILES string of the molecule is CCCCn1c(S[C@H](C)C(=O)Nc2ccc(C)cc2)nnc1[C@@H](CC)N(C)C. The maximum absolute atomic E-state index is 12.6. The summed E-state index contributed by atoms with van der Waals surface area (Å²) < 4.78 is 2.19. The molecule has 1 amide bonds. The van der Waals surface area contributed by atoms with Crippen molar-refractivity contribution in [1.82, 2.24) is 19.7 Å². The molecule has 0 bridgehead atoms. The first-order valence-electron chi connectivity index (χ1n) is 10.0. The first-order valence-corrected chi connectivity index (χ1v) is 10.9. The normalized spacial score (nSPS) is 13.5. The summed E-state index contributed by atoms with van der Waals surface area (Å²) in [4.78, 5) is 14.8. The third kappa shape index (κ3) is 5.82. The quantitative estimate of drug-likeness (QED) is 0.591. The van der Waals surface area contributed by atoms with Crippen LogP contribution >= 0.6 is 11.8 Å². The van der Waals surface area contributed by atoms with Gasteiger partial charge in [0.15, 0.2) is 11.0 Å². The number of rotatable bonds is 10. The van der Waals surface area contributed by atoms with Crippen molar-refractivity contribution >= 4 is 23.4 Å². The fourth-order valence-electron chi connectivity index (χ4n) is 3.03. The van der Waals surface area contributed by atoms with Gasteiger partial charge in [-0.2, -0.15) is 0 Å². The molecule has 1 aromatic heterocycles. The fraction of sp³-hybridized carbons (Fsp3) is 0.571. The van der Waals surface area contributed by atoms with E-state index in [-0.39, 0.29) is 17.2 Å².